The van der Waals surface area contributed by atoms with E-state index in [0.717, 1.165) is 18.7 Å². The highest BCUT2D eigenvalue weighted by atomic mass is 16.3. The molecule has 0 spiro atoms. The van der Waals surface area contributed by atoms with Crippen molar-refractivity contribution in [3.05, 3.63) is 36.3 Å². The minimum atomic E-state index is 0.221. The second-order valence-electron chi connectivity index (χ2n) is 3.10. The zero-order valence-corrected chi connectivity index (χ0v) is 8.34. The van der Waals surface area contributed by atoms with Gasteiger partial charge >= 0.3 is 0 Å². The van der Waals surface area contributed by atoms with E-state index in [9.17, 15) is 0 Å². The highest BCUT2D eigenvalue weighted by Gasteiger charge is 2.10. The fraction of sp³-hybridized carbons (Fsp3) is 0.455. The van der Waals surface area contributed by atoms with Crippen LogP contribution in [-0.2, 0) is 0 Å². The third-order valence-electron chi connectivity index (χ3n) is 2.08. The van der Waals surface area contributed by atoms with Crippen molar-refractivity contribution in [1.82, 2.24) is 5.32 Å². The Bertz CT molecular complexity index is 265. The SMILES string of the molecule is C=CC(NCCC)c1ccoc1C. The molecule has 0 saturated carbocycles. The molecule has 0 amide bonds. The van der Waals surface area contributed by atoms with Gasteiger partial charge in [-0.15, -0.1) is 6.58 Å². The van der Waals surface area contributed by atoms with Gasteiger partial charge in [0, 0.05) is 5.56 Å². The molecule has 0 fully saturated rings. The average molecular weight is 179 g/mol. The zero-order valence-electron chi connectivity index (χ0n) is 8.34. The predicted octanol–water partition coefficient (Wildman–Crippen LogP) is 2.81. The number of hydrogen-bond donors (Lipinski definition) is 1. The maximum atomic E-state index is 5.24. The number of hydrogen-bond acceptors (Lipinski definition) is 2. The van der Waals surface area contributed by atoms with Crippen LogP contribution in [0.3, 0.4) is 0 Å². The van der Waals surface area contributed by atoms with E-state index in [0.29, 0.717) is 0 Å². The fourth-order valence-electron chi connectivity index (χ4n) is 1.34. The van der Waals surface area contributed by atoms with E-state index in [1.807, 2.05) is 19.1 Å². The second kappa shape index (κ2) is 4.87. The lowest BCUT2D eigenvalue weighted by molar-refractivity contribution is 0.519. The molecule has 0 aliphatic carbocycles. The highest BCUT2D eigenvalue weighted by Crippen LogP contribution is 2.19. The molecule has 0 aliphatic rings. The van der Waals surface area contributed by atoms with Gasteiger partial charge in [-0.3, -0.25) is 0 Å². The van der Waals surface area contributed by atoms with Crippen LogP contribution in [0.1, 0.15) is 30.7 Å². The molecule has 1 heterocycles. The molecule has 0 saturated heterocycles. The molecule has 2 heteroatoms. The van der Waals surface area contributed by atoms with E-state index in [1.165, 1.54) is 5.56 Å². The van der Waals surface area contributed by atoms with Gasteiger partial charge in [0.05, 0.1) is 12.3 Å². The Balaban J connectivity index is 2.66. The van der Waals surface area contributed by atoms with Gasteiger partial charge in [0.25, 0.3) is 0 Å². The van der Waals surface area contributed by atoms with Crippen LogP contribution in [0.4, 0.5) is 0 Å². The van der Waals surface area contributed by atoms with Gasteiger partial charge in [0.15, 0.2) is 0 Å². The van der Waals surface area contributed by atoms with Crippen molar-refractivity contribution in [2.24, 2.45) is 0 Å². The summed E-state index contributed by atoms with van der Waals surface area (Å²) < 4.78 is 5.24. The van der Waals surface area contributed by atoms with E-state index >= 15 is 0 Å². The Morgan fingerprint density at radius 1 is 1.69 bits per heavy atom. The first-order valence-corrected chi connectivity index (χ1v) is 4.69. The van der Waals surface area contributed by atoms with Gasteiger partial charge in [-0.25, -0.2) is 0 Å². The first-order valence-electron chi connectivity index (χ1n) is 4.69. The third kappa shape index (κ3) is 2.46. The third-order valence-corrected chi connectivity index (χ3v) is 2.08. The molecule has 1 aromatic heterocycles. The predicted molar refractivity (Wildman–Crippen MR) is 54.7 cm³/mol. The van der Waals surface area contributed by atoms with Crippen molar-refractivity contribution in [3.8, 4) is 0 Å². The Morgan fingerprint density at radius 2 is 2.46 bits per heavy atom. The molecule has 2 nitrogen and oxygen atoms in total. The van der Waals surface area contributed by atoms with E-state index in [4.69, 9.17) is 4.42 Å². The van der Waals surface area contributed by atoms with Gasteiger partial charge < -0.3 is 9.73 Å². The largest absolute Gasteiger partial charge is 0.469 e. The summed E-state index contributed by atoms with van der Waals surface area (Å²) in [5.74, 6) is 0.966. The summed E-state index contributed by atoms with van der Waals surface area (Å²) in [5.41, 5.74) is 1.18. The van der Waals surface area contributed by atoms with Crippen molar-refractivity contribution in [2.75, 3.05) is 6.54 Å². The molecule has 1 atom stereocenters. The van der Waals surface area contributed by atoms with Crippen LogP contribution >= 0.6 is 0 Å². The molecule has 1 rings (SSSR count). The summed E-state index contributed by atoms with van der Waals surface area (Å²) in [6.07, 6.45) is 4.75. The smallest absolute Gasteiger partial charge is 0.105 e. The lowest BCUT2D eigenvalue weighted by Crippen LogP contribution is -2.20. The first kappa shape index (κ1) is 10.1. The molecular formula is C11H17NO. The lowest BCUT2D eigenvalue weighted by Gasteiger charge is -2.12. The van der Waals surface area contributed by atoms with Gasteiger partial charge in [-0.05, 0) is 26.0 Å². The molecule has 1 aromatic rings. The number of aryl methyl sites for hydroxylation is 1. The summed E-state index contributed by atoms with van der Waals surface area (Å²) >= 11 is 0. The van der Waals surface area contributed by atoms with Gasteiger partial charge in [0.2, 0.25) is 0 Å². The second-order valence-corrected chi connectivity index (χ2v) is 3.10. The standard InChI is InChI=1S/C11H17NO/c1-4-7-12-11(5-2)10-6-8-13-9(10)3/h5-6,8,11-12H,2,4,7H2,1,3H3. The van der Waals surface area contributed by atoms with Crippen LogP contribution in [0.15, 0.2) is 29.4 Å². The van der Waals surface area contributed by atoms with Crippen molar-refractivity contribution >= 4 is 0 Å². The van der Waals surface area contributed by atoms with Crippen LogP contribution < -0.4 is 5.32 Å². The number of nitrogens with one attached hydrogen (secondary N) is 1. The average Bonchev–Trinajstić information content (AvgIpc) is 2.54. The monoisotopic (exact) mass is 179 g/mol. The maximum absolute atomic E-state index is 5.24. The van der Waals surface area contributed by atoms with Gasteiger partial charge in [0.1, 0.15) is 5.76 Å². The van der Waals surface area contributed by atoms with E-state index in [-0.39, 0.29) is 6.04 Å². The molecule has 13 heavy (non-hydrogen) atoms. The Hall–Kier alpha value is -1.02. The van der Waals surface area contributed by atoms with Crippen molar-refractivity contribution in [3.63, 3.8) is 0 Å². The van der Waals surface area contributed by atoms with Crippen molar-refractivity contribution < 1.29 is 4.42 Å². The summed E-state index contributed by atoms with van der Waals surface area (Å²) in [4.78, 5) is 0. The van der Waals surface area contributed by atoms with Crippen LogP contribution in [0.5, 0.6) is 0 Å². The molecule has 72 valence electrons. The van der Waals surface area contributed by atoms with Crippen LogP contribution in [-0.4, -0.2) is 6.54 Å². The summed E-state index contributed by atoms with van der Waals surface area (Å²) in [5, 5.41) is 3.38. The molecule has 0 aliphatic heterocycles. The molecule has 0 aromatic carbocycles. The maximum Gasteiger partial charge on any atom is 0.105 e. The first-order chi connectivity index (χ1) is 6.29. The van der Waals surface area contributed by atoms with E-state index in [1.54, 1.807) is 6.26 Å². The number of furan rings is 1. The number of rotatable bonds is 5. The molecule has 1 N–H and O–H groups in total. The highest BCUT2D eigenvalue weighted by molar-refractivity contribution is 5.23. The van der Waals surface area contributed by atoms with Crippen molar-refractivity contribution in [2.45, 2.75) is 26.3 Å². The molecule has 0 bridgehead atoms. The van der Waals surface area contributed by atoms with Gasteiger partial charge in [-0.1, -0.05) is 13.0 Å². The Kier molecular flexibility index (Phi) is 3.77. The normalized spacial score (nSPS) is 12.8. The lowest BCUT2D eigenvalue weighted by atomic mass is 10.1. The molecular weight excluding hydrogens is 162 g/mol. The minimum Gasteiger partial charge on any atom is -0.469 e. The van der Waals surface area contributed by atoms with Crippen LogP contribution in [0.2, 0.25) is 0 Å². The summed E-state index contributed by atoms with van der Waals surface area (Å²) in [6.45, 7) is 8.93. The molecule has 0 radical (unpaired) electrons. The minimum absolute atomic E-state index is 0.221. The summed E-state index contributed by atoms with van der Waals surface area (Å²) in [6, 6.07) is 2.21. The Labute approximate surface area is 79.6 Å². The fourth-order valence-corrected chi connectivity index (χ4v) is 1.34. The zero-order chi connectivity index (χ0) is 9.68. The van der Waals surface area contributed by atoms with Gasteiger partial charge in [-0.2, -0.15) is 0 Å². The topological polar surface area (TPSA) is 25.2 Å². The van der Waals surface area contributed by atoms with E-state index < -0.39 is 0 Å². The Morgan fingerprint density at radius 3 is 2.92 bits per heavy atom. The quantitative estimate of drug-likeness (QED) is 0.703. The van der Waals surface area contributed by atoms with Crippen LogP contribution in [0, 0.1) is 6.92 Å². The molecule has 1 unspecified atom stereocenters. The van der Waals surface area contributed by atoms with Crippen molar-refractivity contribution in [1.29, 1.82) is 0 Å². The van der Waals surface area contributed by atoms with Crippen LogP contribution in [0.25, 0.3) is 0 Å². The summed E-state index contributed by atoms with van der Waals surface area (Å²) in [7, 11) is 0. The van der Waals surface area contributed by atoms with E-state index in [2.05, 4.69) is 18.8 Å².